The van der Waals surface area contributed by atoms with Crippen LogP contribution in [0.25, 0.3) is 0 Å². The first-order valence-corrected chi connectivity index (χ1v) is 7.91. The van der Waals surface area contributed by atoms with Crippen LogP contribution in [-0.2, 0) is 9.53 Å². The molecule has 1 heterocycles. The molecule has 0 aromatic carbocycles. The highest BCUT2D eigenvalue weighted by atomic mass is 16.5. The van der Waals surface area contributed by atoms with Crippen molar-refractivity contribution in [1.82, 2.24) is 10.2 Å². The molecule has 0 aromatic heterocycles. The molecular weight excluding hydrogens is 256 g/mol. The van der Waals surface area contributed by atoms with Crippen LogP contribution in [0.2, 0.25) is 0 Å². The van der Waals surface area contributed by atoms with Gasteiger partial charge in [0.15, 0.2) is 0 Å². The van der Waals surface area contributed by atoms with Gasteiger partial charge in [-0.25, -0.2) is 0 Å². The summed E-state index contributed by atoms with van der Waals surface area (Å²) in [6.07, 6.45) is 5.12. The third-order valence-electron chi connectivity index (χ3n) is 4.71. The molecule has 0 bridgehead atoms. The lowest BCUT2D eigenvalue weighted by molar-refractivity contribution is -0.134. The van der Waals surface area contributed by atoms with Gasteiger partial charge in [-0.15, -0.1) is 0 Å². The fourth-order valence-electron chi connectivity index (χ4n) is 3.13. The quantitative estimate of drug-likeness (QED) is 0.783. The van der Waals surface area contributed by atoms with Gasteiger partial charge in [-0.05, 0) is 31.6 Å². The minimum atomic E-state index is -0.614. The predicted molar refractivity (Wildman–Crippen MR) is 77.5 cm³/mol. The number of amides is 1. The van der Waals surface area contributed by atoms with Crippen LogP contribution in [0, 0.1) is 5.92 Å². The Morgan fingerprint density at radius 3 is 2.60 bits per heavy atom. The largest absolute Gasteiger partial charge is 0.389 e. The van der Waals surface area contributed by atoms with Gasteiger partial charge in [0.1, 0.15) is 0 Å². The normalized spacial score (nSPS) is 31.3. The number of carbonyl (C=O) groups is 1. The number of nitrogens with zero attached hydrogens (tertiary/aromatic N) is 1. The molecule has 1 saturated heterocycles. The van der Waals surface area contributed by atoms with E-state index >= 15 is 0 Å². The Hall–Kier alpha value is -0.650. The number of morpholine rings is 1. The van der Waals surface area contributed by atoms with Crippen LogP contribution in [0.5, 0.6) is 0 Å². The minimum Gasteiger partial charge on any atom is -0.389 e. The third-order valence-corrected chi connectivity index (χ3v) is 4.71. The number of aliphatic hydroxyl groups is 1. The predicted octanol–water partition coefficient (Wildman–Crippen LogP) is 0.766. The molecule has 2 N–H and O–H groups in total. The maximum atomic E-state index is 12.0. The molecule has 0 aromatic rings. The van der Waals surface area contributed by atoms with E-state index in [0.717, 1.165) is 31.6 Å². The molecule has 0 spiro atoms. The molecule has 0 atom stereocenters. The average Bonchev–Trinajstić information content (AvgIpc) is 2.49. The van der Waals surface area contributed by atoms with Crippen molar-refractivity contribution < 1.29 is 14.6 Å². The maximum absolute atomic E-state index is 12.0. The van der Waals surface area contributed by atoms with Crippen LogP contribution in [0.15, 0.2) is 0 Å². The molecule has 2 aliphatic rings. The van der Waals surface area contributed by atoms with Crippen molar-refractivity contribution in [1.29, 1.82) is 0 Å². The molecule has 2 fully saturated rings. The van der Waals surface area contributed by atoms with Crippen molar-refractivity contribution in [3.8, 4) is 0 Å². The van der Waals surface area contributed by atoms with Crippen molar-refractivity contribution in [2.75, 3.05) is 39.4 Å². The minimum absolute atomic E-state index is 0.110. The third kappa shape index (κ3) is 4.43. The second-order valence-electron chi connectivity index (χ2n) is 6.17. The summed E-state index contributed by atoms with van der Waals surface area (Å²) in [5.41, 5.74) is -0.614. The van der Waals surface area contributed by atoms with Crippen molar-refractivity contribution in [3.63, 3.8) is 0 Å². The summed E-state index contributed by atoms with van der Waals surface area (Å²) in [5, 5.41) is 13.6. The van der Waals surface area contributed by atoms with E-state index in [-0.39, 0.29) is 5.91 Å². The zero-order chi connectivity index (χ0) is 14.4. The molecule has 116 valence electrons. The van der Waals surface area contributed by atoms with Crippen LogP contribution in [-0.4, -0.2) is 60.9 Å². The van der Waals surface area contributed by atoms with Gasteiger partial charge in [0.2, 0.25) is 5.91 Å². The smallest absolute Gasteiger partial charge is 0.236 e. The summed E-state index contributed by atoms with van der Waals surface area (Å²) in [6, 6.07) is 0. The Bertz CT molecular complexity index is 308. The maximum Gasteiger partial charge on any atom is 0.236 e. The number of nitrogens with one attached hydrogen (secondary N) is 1. The summed E-state index contributed by atoms with van der Waals surface area (Å²) in [5.74, 6) is 0.879. The topological polar surface area (TPSA) is 61.8 Å². The van der Waals surface area contributed by atoms with E-state index in [2.05, 4.69) is 12.2 Å². The first kappa shape index (κ1) is 15.7. The van der Waals surface area contributed by atoms with Gasteiger partial charge in [0, 0.05) is 19.6 Å². The van der Waals surface area contributed by atoms with Crippen LogP contribution in [0.3, 0.4) is 0 Å². The van der Waals surface area contributed by atoms with Gasteiger partial charge in [-0.1, -0.05) is 13.3 Å². The molecule has 0 unspecified atom stereocenters. The number of carbonyl (C=O) groups excluding carboxylic acids is 1. The Morgan fingerprint density at radius 1 is 1.35 bits per heavy atom. The van der Waals surface area contributed by atoms with E-state index in [1.54, 1.807) is 0 Å². The van der Waals surface area contributed by atoms with E-state index < -0.39 is 5.60 Å². The van der Waals surface area contributed by atoms with Crippen molar-refractivity contribution in [3.05, 3.63) is 0 Å². The fourth-order valence-corrected chi connectivity index (χ4v) is 3.13. The average molecular weight is 284 g/mol. The standard InChI is InChI=1S/C15H28N2O3/c1-2-13-3-5-15(19,6-4-13)12-16-11-14(18)17-7-9-20-10-8-17/h13,16,19H,2-12H2,1H3. The fraction of sp³-hybridized carbons (Fsp3) is 0.933. The number of hydrogen-bond acceptors (Lipinski definition) is 4. The highest BCUT2D eigenvalue weighted by molar-refractivity contribution is 5.78. The van der Waals surface area contributed by atoms with Crippen molar-refractivity contribution in [2.24, 2.45) is 5.92 Å². The van der Waals surface area contributed by atoms with Gasteiger partial charge >= 0.3 is 0 Å². The van der Waals surface area contributed by atoms with Crippen molar-refractivity contribution >= 4 is 5.91 Å². The SMILES string of the molecule is CCC1CCC(O)(CNCC(=O)N2CCOCC2)CC1. The summed E-state index contributed by atoms with van der Waals surface area (Å²) < 4.78 is 5.23. The molecule has 5 nitrogen and oxygen atoms in total. The molecule has 0 radical (unpaired) electrons. The zero-order valence-electron chi connectivity index (χ0n) is 12.6. The van der Waals surface area contributed by atoms with Crippen LogP contribution >= 0.6 is 0 Å². The second-order valence-corrected chi connectivity index (χ2v) is 6.17. The van der Waals surface area contributed by atoms with E-state index in [9.17, 15) is 9.90 Å². The molecular formula is C15H28N2O3. The van der Waals surface area contributed by atoms with E-state index in [1.165, 1.54) is 6.42 Å². The Balaban J connectivity index is 1.66. The van der Waals surface area contributed by atoms with Crippen LogP contribution in [0.4, 0.5) is 0 Å². The lowest BCUT2D eigenvalue weighted by Crippen LogP contribution is -2.48. The molecule has 1 amide bonds. The van der Waals surface area contributed by atoms with Gasteiger partial charge in [0.25, 0.3) is 0 Å². The Morgan fingerprint density at radius 2 is 2.00 bits per heavy atom. The van der Waals surface area contributed by atoms with Gasteiger partial charge in [-0.2, -0.15) is 0 Å². The van der Waals surface area contributed by atoms with Crippen LogP contribution in [0.1, 0.15) is 39.0 Å². The number of rotatable bonds is 5. The van der Waals surface area contributed by atoms with E-state index in [4.69, 9.17) is 4.74 Å². The van der Waals surface area contributed by atoms with Crippen molar-refractivity contribution in [2.45, 2.75) is 44.6 Å². The highest BCUT2D eigenvalue weighted by Gasteiger charge is 2.32. The van der Waals surface area contributed by atoms with Gasteiger partial charge in [-0.3, -0.25) is 4.79 Å². The molecule has 5 heteroatoms. The summed E-state index contributed by atoms with van der Waals surface area (Å²) in [4.78, 5) is 13.8. The van der Waals surface area contributed by atoms with E-state index in [1.807, 2.05) is 4.90 Å². The first-order chi connectivity index (χ1) is 9.63. The second kappa shape index (κ2) is 7.38. The molecule has 20 heavy (non-hydrogen) atoms. The monoisotopic (exact) mass is 284 g/mol. The summed E-state index contributed by atoms with van der Waals surface area (Å²) >= 11 is 0. The lowest BCUT2D eigenvalue weighted by Gasteiger charge is -2.36. The van der Waals surface area contributed by atoms with Gasteiger partial charge in [0.05, 0.1) is 25.4 Å². The first-order valence-electron chi connectivity index (χ1n) is 7.91. The summed E-state index contributed by atoms with van der Waals surface area (Å²) in [6.45, 7) is 5.70. The lowest BCUT2D eigenvalue weighted by atomic mass is 9.78. The van der Waals surface area contributed by atoms with E-state index in [0.29, 0.717) is 39.4 Å². The van der Waals surface area contributed by atoms with Crippen LogP contribution < -0.4 is 5.32 Å². The number of ether oxygens (including phenoxy) is 1. The number of hydrogen-bond donors (Lipinski definition) is 2. The Labute approximate surface area is 121 Å². The highest BCUT2D eigenvalue weighted by Crippen LogP contribution is 2.33. The Kier molecular flexibility index (Phi) is 5.81. The molecule has 1 aliphatic carbocycles. The summed E-state index contributed by atoms with van der Waals surface area (Å²) in [7, 11) is 0. The zero-order valence-corrected chi connectivity index (χ0v) is 12.6. The molecule has 1 aliphatic heterocycles. The molecule has 2 rings (SSSR count). The molecule has 1 saturated carbocycles. The van der Waals surface area contributed by atoms with Gasteiger partial charge < -0.3 is 20.1 Å².